The van der Waals surface area contributed by atoms with Crippen LogP contribution >= 0.6 is 0 Å². The predicted octanol–water partition coefficient (Wildman–Crippen LogP) is 2.34. The van der Waals surface area contributed by atoms with Crippen LogP contribution in [0.25, 0.3) is 0 Å². The lowest BCUT2D eigenvalue weighted by Gasteiger charge is -2.28. The van der Waals surface area contributed by atoms with Gasteiger partial charge in [-0.2, -0.15) is 0 Å². The number of hydrogen-bond donors (Lipinski definition) is 1. The lowest BCUT2D eigenvalue weighted by atomic mass is 10.0. The molecule has 1 aromatic rings. The van der Waals surface area contributed by atoms with Crippen LogP contribution in [0.3, 0.4) is 0 Å². The molecule has 2 heterocycles. The van der Waals surface area contributed by atoms with Crippen molar-refractivity contribution in [2.75, 3.05) is 6.54 Å². The molecule has 2 bridgehead atoms. The molecule has 4 heteroatoms. The maximum absolute atomic E-state index is 4.64. The third-order valence-corrected chi connectivity index (χ3v) is 6.49. The summed E-state index contributed by atoms with van der Waals surface area (Å²) in [6, 6.07) is 0.389. The highest BCUT2D eigenvalue weighted by atomic mass is 15.3. The number of nitrogens with one attached hydrogen (secondary N) is 1. The molecule has 0 saturated heterocycles. The van der Waals surface area contributed by atoms with Gasteiger partial charge in [0.05, 0.1) is 6.04 Å². The fourth-order valence-electron chi connectivity index (χ4n) is 5.66. The smallest absolute Gasteiger partial charge is 0.150 e. The van der Waals surface area contributed by atoms with E-state index in [1.165, 1.54) is 30.9 Å². The minimum Gasteiger partial charge on any atom is -0.312 e. The van der Waals surface area contributed by atoms with Gasteiger partial charge < -0.3 is 9.88 Å². The van der Waals surface area contributed by atoms with Gasteiger partial charge in [0.2, 0.25) is 0 Å². The lowest BCUT2D eigenvalue weighted by Crippen LogP contribution is -2.37. The van der Waals surface area contributed by atoms with Crippen LogP contribution in [0.5, 0.6) is 0 Å². The summed E-state index contributed by atoms with van der Waals surface area (Å²) in [5, 5.41) is 12.8. The first-order chi connectivity index (χ1) is 9.75. The summed E-state index contributed by atoms with van der Waals surface area (Å²) in [4.78, 5) is 0. The first-order valence-electron chi connectivity index (χ1n) is 8.42. The molecule has 0 aromatic carbocycles. The molecule has 0 radical (unpaired) electrons. The fourth-order valence-corrected chi connectivity index (χ4v) is 5.66. The normalized spacial score (nSPS) is 44.8. The second-order valence-corrected chi connectivity index (χ2v) is 7.76. The zero-order valence-electron chi connectivity index (χ0n) is 12.4. The van der Waals surface area contributed by atoms with Crippen molar-refractivity contribution in [3.63, 3.8) is 0 Å². The third kappa shape index (κ3) is 1.36. The Morgan fingerprint density at radius 2 is 1.80 bits per heavy atom. The van der Waals surface area contributed by atoms with E-state index in [0.29, 0.717) is 12.0 Å². The molecule has 3 fully saturated rings. The minimum absolute atomic E-state index is 0.389. The second kappa shape index (κ2) is 3.85. The van der Waals surface area contributed by atoms with E-state index >= 15 is 0 Å². The molecule has 5 rings (SSSR count). The van der Waals surface area contributed by atoms with Gasteiger partial charge >= 0.3 is 0 Å². The standard InChI is InChI=1S/C16H24N4/c1-8(2)14-16-19-18-15(20(16)6-5-17-14)13-11-9-3-4-10(7-9)12(11)13/h8-14,17H,3-7H2,1-2H3. The summed E-state index contributed by atoms with van der Waals surface area (Å²) >= 11 is 0. The van der Waals surface area contributed by atoms with Gasteiger partial charge in [0.25, 0.3) is 0 Å². The van der Waals surface area contributed by atoms with Crippen molar-refractivity contribution in [2.24, 2.45) is 29.6 Å². The minimum atomic E-state index is 0.389. The first-order valence-corrected chi connectivity index (χ1v) is 8.42. The van der Waals surface area contributed by atoms with Gasteiger partial charge in [0.15, 0.2) is 5.82 Å². The molecule has 5 atom stereocenters. The number of rotatable bonds is 2. The van der Waals surface area contributed by atoms with Gasteiger partial charge in [0.1, 0.15) is 5.82 Å². The zero-order chi connectivity index (χ0) is 13.4. The summed E-state index contributed by atoms with van der Waals surface area (Å²) in [5.74, 6) is 7.84. The maximum atomic E-state index is 4.64. The largest absolute Gasteiger partial charge is 0.312 e. The molecule has 20 heavy (non-hydrogen) atoms. The predicted molar refractivity (Wildman–Crippen MR) is 76.2 cm³/mol. The summed E-state index contributed by atoms with van der Waals surface area (Å²) in [7, 11) is 0. The Bertz CT molecular complexity index is 533. The van der Waals surface area contributed by atoms with Gasteiger partial charge in [-0.25, -0.2) is 0 Å². The SMILES string of the molecule is CC(C)C1NCCn2c1nnc2C1C2C3CCC(C3)C12. The lowest BCUT2D eigenvalue weighted by molar-refractivity contribution is 0.333. The molecule has 5 unspecified atom stereocenters. The summed E-state index contributed by atoms with van der Waals surface area (Å²) in [6.07, 6.45) is 4.49. The van der Waals surface area contributed by atoms with Crippen LogP contribution in [0.4, 0.5) is 0 Å². The van der Waals surface area contributed by atoms with Gasteiger partial charge in [-0.1, -0.05) is 13.8 Å². The van der Waals surface area contributed by atoms with Gasteiger partial charge in [-0.3, -0.25) is 0 Å². The summed E-state index contributed by atoms with van der Waals surface area (Å²) < 4.78 is 2.46. The average molecular weight is 272 g/mol. The number of nitrogens with zero attached hydrogens (tertiary/aromatic N) is 3. The first kappa shape index (κ1) is 11.7. The molecule has 0 amide bonds. The second-order valence-electron chi connectivity index (χ2n) is 7.76. The van der Waals surface area contributed by atoms with Crippen molar-refractivity contribution in [1.82, 2.24) is 20.1 Å². The Kier molecular flexibility index (Phi) is 2.25. The van der Waals surface area contributed by atoms with Gasteiger partial charge in [-0.05, 0) is 48.9 Å². The van der Waals surface area contributed by atoms with E-state index in [4.69, 9.17) is 0 Å². The van der Waals surface area contributed by atoms with Crippen LogP contribution in [-0.2, 0) is 6.54 Å². The van der Waals surface area contributed by atoms with Crippen molar-refractivity contribution in [1.29, 1.82) is 0 Å². The van der Waals surface area contributed by atoms with Crippen LogP contribution in [0.15, 0.2) is 0 Å². The van der Waals surface area contributed by atoms with Crippen molar-refractivity contribution >= 4 is 0 Å². The van der Waals surface area contributed by atoms with Crippen LogP contribution in [0, 0.1) is 29.6 Å². The Hall–Kier alpha value is -0.900. The Labute approximate surface area is 120 Å². The summed E-state index contributed by atoms with van der Waals surface area (Å²) in [6.45, 7) is 6.67. The quantitative estimate of drug-likeness (QED) is 0.898. The molecule has 3 aliphatic carbocycles. The van der Waals surface area contributed by atoms with Crippen molar-refractivity contribution in [3.05, 3.63) is 11.6 Å². The van der Waals surface area contributed by atoms with Crippen LogP contribution in [-0.4, -0.2) is 21.3 Å². The Morgan fingerprint density at radius 1 is 1.10 bits per heavy atom. The fraction of sp³-hybridized carbons (Fsp3) is 0.875. The summed E-state index contributed by atoms with van der Waals surface area (Å²) in [5.41, 5.74) is 0. The van der Waals surface area contributed by atoms with E-state index in [1.54, 1.807) is 0 Å². The maximum Gasteiger partial charge on any atom is 0.150 e. The van der Waals surface area contributed by atoms with E-state index < -0.39 is 0 Å². The van der Waals surface area contributed by atoms with E-state index in [9.17, 15) is 0 Å². The van der Waals surface area contributed by atoms with E-state index in [1.807, 2.05) is 0 Å². The monoisotopic (exact) mass is 272 g/mol. The molecule has 1 aliphatic heterocycles. The van der Waals surface area contributed by atoms with E-state index in [2.05, 4.69) is 33.9 Å². The highest BCUT2D eigenvalue weighted by Gasteiger charge is 2.66. The molecule has 0 spiro atoms. The molecular weight excluding hydrogens is 248 g/mol. The van der Waals surface area contributed by atoms with Crippen molar-refractivity contribution in [3.8, 4) is 0 Å². The van der Waals surface area contributed by atoms with Gasteiger partial charge in [-0.15, -0.1) is 10.2 Å². The van der Waals surface area contributed by atoms with Crippen molar-refractivity contribution in [2.45, 2.75) is 51.6 Å². The van der Waals surface area contributed by atoms with Gasteiger partial charge in [0, 0.05) is 19.0 Å². The van der Waals surface area contributed by atoms with E-state index in [0.717, 1.165) is 42.7 Å². The molecule has 4 aliphatic rings. The molecule has 4 nitrogen and oxygen atoms in total. The topological polar surface area (TPSA) is 42.7 Å². The molecule has 1 aromatic heterocycles. The highest BCUT2D eigenvalue weighted by molar-refractivity contribution is 5.26. The molecule has 1 N–H and O–H groups in total. The van der Waals surface area contributed by atoms with Crippen LogP contribution < -0.4 is 5.32 Å². The third-order valence-electron chi connectivity index (χ3n) is 6.49. The number of hydrogen-bond acceptors (Lipinski definition) is 3. The van der Waals surface area contributed by atoms with E-state index in [-0.39, 0.29) is 0 Å². The Morgan fingerprint density at radius 3 is 2.50 bits per heavy atom. The zero-order valence-corrected chi connectivity index (χ0v) is 12.4. The number of fused-ring (bicyclic) bond motifs is 6. The van der Waals surface area contributed by atoms with Crippen LogP contribution in [0.1, 0.15) is 56.7 Å². The molecule has 3 saturated carbocycles. The molecule has 108 valence electrons. The van der Waals surface area contributed by atoms with Crippen molar-refractivity contribution < 1.29 is 0 Å². The van der Waals surface area contributed by atoms with Crippen LogP contribution in [0.2, 0.25) is 0 Å². The molecular formula is C16H24N4. The highest BCUT2D eigenvalue weighted by Crippen LogP contribution is 2.72. The number of aromatic nitrogens is 3. The average Bonchev–Trinajstić information content (AvgIpc) is 2.85. The Balaban J connectivity index is 1.49.